The van der Waals surface area contributed by atoms with Crippen molar-refractivity contribution in [1.29, 1.82) is 0 Å². The molecule has 1 N–H and O–H groups in total. The highest BCUT2D eigenvalue weighted by molar-refractivity contribution is 5.68. The zero-order valence-electron chi connectivity index (χ0n) is 15.0. The third-order valence-corrected chi connectivity index (χ3v) is 4.55. The molecule has 3 aromatic carbocycles. The van der Waals surface area contributed by atoms with Crippen LogP contribution in [-0.2, 0) is 6.42 Å². The number of hydrogen-bond acceptors (Lipinski definition) is 1. The van der Waals surface area contributed by atoms with Gasteiger partial charge in [-0.15, -0.1) is 0 Å². The Balaban J connectivity index is 1.57. The highest BCUT2D eigenvalue weighted by Crippen LogP contribution is 2.23. The summed E-state index contributed by atoms with van der Waals surface area (Å²) in [6, 6.07) is 27.9. The second-order valence-electron chi connectivity index (χ2n) is 6.58. The minimum absolute atomic E-state index is 1.12. The Bertz CT molecular complexity index is 742. The minimum atomic E-state index is 1.12. The van der Waals surface area contributed by atoms with Gasteiger partial charge in [0.05, 0.1) is 0 Å². The summed E-state index contributed by atoms with van der Waals surface area (Å²) in [5.74, 6) is 0. The van der Waals surface area contributed by atoms with Crippen molar-refractivity contribution in [2.24, 2.45) is 0 Å². The molecule has 0 bridgehead atoms. The average molecular weight is 329 g/mol. The van der Waals surface area contributed by atoms with E-state index < -0.39 is 0 Å². The standard InChI is InChI=1S/C24H27N/c1-2-3-4-6-9-20-12-16-23(17-13-20)25-24-18-14-22(15-19-24)21-10-7-5-8-11-21/h5,7-8,10-19,25H,2-4,6,9H2,1H3. The SMILES string of the molecule is CCCCCCc1ccc(Nc2ccc(-c3ccccc3)cc2)cc1. The van der Waals surface area contributed by atoms with Gasteiger partial charge < -0.3 is 5.32 Å². The Morgan fingerprint density at radius 3 is 1.84 bits per heavy atom. The maximum Gasteiger partial charge on any atom is 0.0384 e. The molecule has 0 heterocycles. The first-order valence-corrected chi connectivity index (χ1v) is 9.36. The first kappa shape index (κ1) is 17.3. The van der Waals surface area contributed by atoms with Crippen LogP contribution in [0.15, 0.2) is 78.9 Å². The monoisotopic (exact) mass is 329 g/mol. The summed E-state index contributed by atoms with van der Waals surface area (Å²) in [6.45, 7) is 2.26. The number of anilines is 2. The highest BCUT2D eigenvalue weighted by atomic mass is 14.9. The maximum absolute atomic E-state index is 3.49. The lowest BCUT2D eigenvalue weighted by atomic mass is 10.1. The van der Waals surface area contributed by atoms with Crippen molar-refractivity contribution in [2.45, 2.75) is 39.0 Å². The third-order valence-electron chi connectivity index (χ3n) is 4.55. The fourth-order valence-electron chi connectivity index (χ4n) is 3.05. The van der Waals surface area contributed by atoms with Gasteiger partial charge in [-0.2, -0.15) is 0 Å². The summed E-state index contributed by atoms with van der Waals surface area (Å²) >= 11 is 0. The number of nitrogens with one attached hydrogen (secondary N) is 1. The Hall–Kier alpha value is -2.54. The van der Waals surface area contributed by atoms with E-state index >= 15 is 0 Å². The number of rotatable bonds is 8. The van der Waals surface area contributed by atoms with Gasteiger partial charge in [0.1, 0.15) is 0 Å². The summed E-state index contributed by atoms with van der Waals surface area (Å²) in [5.41, 5.74) is 6.19. The van der Waals surface area contributed by atoms with E-state index in [1.54, 1.807) is 0 Å². The minimum Gasteiger partial charge on any atom is -0.356 e. The molecule has 0 amide bonds. The van der Waals surface area contributed by atoms with Crippen LogP contribution in [0.4, 0.5) is 11.4 Å². The molecule has 3 aromatic rings. The molecule has 0 aromatic heterocycles. The Morgan fingerprint density at radius 1 is 0.600 bits per heavy atom. The lowest BCUT2D eigenvalue weighted by molar-refractivity contribution is 0.667. The lowest BCUT2D eigenvalue weighted by Crippen LogP contribution is -1.91. The Kier molecular flexibility index (Phi) is 6.28. The molecule has 0 saturated heterocycles. The smallest absolute Gasteiger partial charge is 0.0384 e. The fraction of sp³-hybridized carbons (Fsp3) is 0.250. The molecule has 0 aliphatic rings. The summed E-state index contributed by atoms with van der Waals surface area (Å²) < 4.78 is 0. The van der Waals surface area contributed by atoms with Gasteiger partial charge in [-0.05, 0) is 53.8 Å². The topological polar surface area (TPSA) is 12.0 Å². The van der Waals surface area contributed by atoms with E-state index in [1.807, 2.05) is 6.07 Å². The van der Waals surface area contributed by atoms with Gasteiger partial charge in [0.15, 0.2) is 0 Å². The molecule has 0 radical (unpaired) electrons. The molecule has 0 spiro atoms. The number of unbranched alkanes of at least 4 members (excludes halogenated alkanes) is 3. The van der Waals surface area contributed by atoms with E-state index in [-0.39, 0.29) is 0 Å². The quantitative estimate of drug-likeness (QED) is 0.430. The number of benzene rings is 3. The largest absolute Gasteiger partial charge is 0.356 e. The van der Waals surface area contributed by atoms with Crippen LogP contribution in [0.3, 0.4) is 0 Å². The summed E-state index contributed by atoms with van der Waals surface area (Å²) in [6.07, 6.45) is 6.46. The van der Waals surface area contributed by atoms with E-state index in [2.05, 4.69) is 85.0 Å². The second kappa shape index (κ2) is 9.08. The molecule has 1 nitrogen and oxygen atoms in total. The van der Waals surface area contributed by atoms with Gasteiger partial charge >= 0.3 is 0 Å². The summed E-state index contributed by atoms with van der Waals surface area (Å²) in [4.78, 5) is 0. The van der Waals surface area contributed by atoms with Crippen LogP contribution in [0.25, 0.3) is 11.1 Å². The molecular weight excluding hydrogens is 302 g/mol. The maximum atomic E-state index is 3.49. The van der Waals surface area contributed by atoms with Crippen LogP contribution in [-0.4, -0.2) is 0 Å². The van der Waals surface area contributed by atoms with Crippen LogP contribution in [0.5, 0.6) is 0 Å². The van der Waals surface area contributed by atoms with E-state index in [1.165, 1.54) is 48.8 Å². The van der Waals surface area contributed by atoms with Gasteiger partial charge in [-0.1, -0.05) is 80.8 Å². The van der Waals surface area contributed by atoms with Crippen molar-refractivity contribution < 1.29 is 0 Å². The molecule has 0 aliphatic carbocycles. The Morgan fingerprint density at radius 2 is 1.20 bits per heavy atom. The molecule has 0 fully saturated rings. The molecule has 0 saturated carbocycles. The van der Waals surface area contributed by atoms with Crippen molar-refractivity contribution >= 4 is 11.4 Å². The first-order chi connectivity index (χ1) is 12.3. The van der Waals surface area contributed by atoms with Crippen LogP contribution >= 0.6 is 0 Å². The van der Waals surface area contributed by atoms with Crippen LogP contribution < -0.4 is 5.32 Å². The second-order valence-corrected chi connectivity index (χ2v) is 6.58. The normalized spacial score (nSPS) is 10.6. The zero-order valence-corrected chi connectivity index (χ0v) is 15.0. The van der Waals surface area contributed by atoms with Gasteiger partial charge in [0.2, 0.25) is 0 Å². The zero-order chi connectivity index (χ0) is 17.3. The van der Waals surface area contributed by atoms with Crippen molar-refractivity contribution in [3.63, 3.8) is 0 Å². The summed E-state index contributed by atoms with van der Waals surface area (Å²) in [5, 5.41) is 3.49. The van der Waals surface area contributed by atoms with Gasteiger partial charge in [-0.25, -0.2) is 0 Å². The molecule has 3 rings (SSSR count). The molecule has 1 heteroatoms. The van der Waals surface area contributed by atoms with Gasteiger partial charge in [0, 0.05) is 11.4 Å². The van der Waals surface area contributed by atoms with Crippen molar-refractivity contribution in [1.82, 2.24) is 0 Å². The van der Waals surface area contributed by atoms with E-state index in [0.717, 1.165) is 11.4 Å². The first-order valence-electron chi connectivity index (χ1n) is 9.36. The van der Waals surface area contributed by atoms with E-state index in [9.17, 15) is 0 Å². The predicted molar refractivity (Wildman–Crippen MR) is 109 cm³/mol. The van der Waals surface area contributed by atoms with Crippen molar-refractivity contribution in [3.05, 3.63) is 84.4 Å². The molecule has 0 atom stereocenters. The molecule has 128 valence electrons. The lowest BCUT2D eigenvalue weighted by Gasteiger charge is -2.09. The van der Waals surface area contributed by atoms with Crippen LogP contribution in [0.2, 0.25) is 0 Å². The molecule has 0 aliphatic heterocycles. The van der Waals surface area contributed by atoms with Crippen LogP contribution in [0, 0.1) is 0 Å². The third kappa shape index (κ3) is 5.22. The number of aryl methyl sites for hydroxylation is 1. The van der Waals surface area contributed by atoms with Crippen molar-refractivity contribution in [3.8, 4) is 11.1 Å². The van der Waals surface area contributed by atoms with Gasteiger partial charge in [0.25, 0.3) is 0 Å². The average Bonchev–Trinajstić information content (AvgIpc) is 2.68. The highest BCUT2D eigenvalue weighted by Gasteiger charge is 1.99. The molecule has 0 unspecified atom stereocenters. The van der Waals surface area contributed by atoms with E-state index in [4.69, 9.17) is 0 Å². The predicted octanol–water partition coefficient (Wildman–Crippen LogP) is 7.22. The van der Waals surface area contributed by atoms with E-state index in [0.29, 0.717) is 0 Å². The summed E-state index contributed by atoms with van der Waals surface area (Å²) in [7, 11) is 0. The molecule has 25 heavy (non-hydrogen) atoms. The van der Waals surface area contributed by atoms with Gasteiger partial charge in [-0.3, -0.25) is 0 Å². The Labute approximate surface area is 151 Å². The fourth-order valence-corrected chi connectivity index (χ4v) is 3.05. The molecular formula is C24H27N. The van der Waals surface area contributed by atoms with Crippen LogP contribution in [0.1, 0.15) is 38.2 Å². The number of hydrogen-bond donors (Lipinski definition) is 1. The van der Waals surface area contributed by atoms with Crippen molar-refractivity contribution in [2.75, 3.05) is 5.32 Å².